The van der Waals surface area contributed by atoms with E-state index < -0.39 is 0 Å². The Kier molecular flexibility index (Phi) is 6.79. The Labute approximate surface area is 208 Å². The van der Waals surface area contributed by atoms with Gasteiger partial charge in [-0.15, -0.1) is 0 Å². The molecule has 0 unspecified atom stereocenters. The third kappa shape index (κ3) is 5.24. The molecule has 0 atom stereocenters. The predicted molar refractivity (Wildman–Crippen MR) is 134 cm³/mol. The van der Waals surface area contributed by atoms with E-state index in [-0.39, 0.29) is 6.79 Å². The minimum atomic E-state index is 0.253. The molecule has 0 spiro atoms. The summed E-state index contributed by atoms with van der Waals surface area (Å²) in [7, 11) is 0. The van der Waals surface area contributed by atoms with Gasteiger partial charge < -0.3 is 23.8 Å². The molecule has 0 N–H and O–H groups in total. The topological polar surface area (TPSA) is 51.0 Å². The van der Waals surface area contributed by atoms with Crippen LogP contribution >= 0.6 is 23.2 Å². The number of fused-ring (bicyclic) bond motifs is 1. The van der Waals surface area contributed by atoms with Crippen LogP contribution in [-0.4, -0.2) is 29.9 Å². The van der Waals surface area contributed by atoms with Gasteiger partial charge in [-0.25, -0.2) is 0 Å². The minimum Gasteiger partial charge on any atom is -0.454 e. The summed E-state index contributed by atoms with van der Waals surface area (Å²) in [5, 5.41) is 5.27. The van der Waals surface area contributed by atoms with Gasteiger partial charge in [-0.2, -0.15) is 0 Å². The molecule has 6 nitrogen and oxygen atoms in total. The molecule has 1 aromatic heterocycles. The van der Waals surface area contributed by atoms with Crippen LogP contribution in [0, 0.1) is 0 Å². The van der Waals surface area contributed by atoms with Gasteiger partial charge in [0.15, 0.2) is 11.5 Å². The number of hydrogen-bond donors (Lipinski definition) is 0. The number of anilines is 1. The van der Waals surface area contributed by atoms with Gasteiger partial charge in [0.25, 0.3) is 0 Å². The average molecular weight is 496 g/mol. The van der Waals surface area contributed by atoms with E-state index in [1.54, 1.807) is 12.1 Å². The minimum absolute atomic E-state index is 0.253. The van der Waals surface area contributed by atoms with E-state index in [4.69, 9.17) is 37.2 Å². The molecule has 0 bridgehead atoms. The maximum atomic E-state index is 6.20. The number of nitrogens with zero attached hydrogens (tertiary/aromatic N) is 3. The van der Waals surface area contributed by atoms with Crippen LogP contribution in [0.25, 0.3) is 11.3 Å². The van der Waals surface area contributed by atoms with E-state index in [2.05, 4.69) is 27.4 Å². The Balaban J connectivity index is 1.34. The highest BCUT2D eigenvalue weighted by Crippen LogP contribution is 2.34. The monoisotopic (exact) mass is 495 g/mol. The summed E-state index contributed by atoms with van der Waals surface area (Å²) in [4.78, 5) is 4.34. The summed E-state index contributed by atoms with van der Waals surface area (Å²) in [5.41, 5.74) is 2.64. The number of aromatic nitrogens is 1. The van der Waals surface area contributed by atoms with Gasteiger partial charge in [-0.1, -0.05) is 52.6 Å². The Morgan fingerprint density at radius 1 is 0.882 bits per heavy atom. The largest absolute Gasteiger partial charge is 0.454 e. The summed E-state index contributed by atoms with van der Waals surface area (Å²) in [6, 6.07) is 13.4. The fraction of sp³-hybridized carbons (Fsp3) is 0.192. The Morgan fingerprint density at radius 2 is 1.71 bits per heavy atom. The number of halogens is 2. The number of ether oxygens (including phenoxy) is 2. The first-order valence-corrected chi connectivity index (χ1v) is 11.7. The van der Waals surface area contributed by atoms with Crippen LogP contribution in [0.5, 0.6) is 11.5 Å². The van der Waals surface area contributed by atoms with Crippen molar-refractivity contribution in [3.05, 3.63) is 94.8 Å². The second kappa shape index (κ2) is 10.3. The predicted octanol–water partition coefficient (Wildman–Crippen LogP) is 6.67. The van der Waals surface area contributed by atoms with E-state index in [9.17, 15) is 0 Å². The van der Waals surface area contributed by atoms with E-state index in [0.717, 1.165) is 42.1 Å². The molecule has 2 aromatic carbocycles. The second-order valence-electron chi connectivity index (χ2n) is 7.95. The van der Waals surface area contributed by atoms with Crippen molar-refractivity contribution in [2.24, 2.45) is 0 Å². The first-order chi connectivity index (χ1) is 16.7. The molecule has 0 amide bonds. The number of hydrogen-bond acceptors (Lipinski definition) is 6. The highest BCUT2D eigenvalue weighted by molar-refractivity contribution is 6.42. The van der Waals surface area contributed by atoms with Crippen molar-refractivity contribution in [3.8, 4) is 22.8 Å². The standard InChI is InChI=1S/C26H23Cl2N3O3/c27-21-8-7-20(15-22(21)28)23-16-26(34-29-23)31(13-5-12-30-10-3-1-2-4-11-30)17-19-6-9-24-25(14-19)33-18-32-24/h1-4,6-11,14-16H,5,12-13,17-18H2. The van der Waals surface area contributed by atoms with Crippen molar-refractivity contribution in [3.63, 3.8) is 0 Å². The third-order valence-electron chi connectivity index (χ3n) is 5.57. The molecular formula is C26H23Cl2N3O3. The molecule has 0 aliphatic carbocycles. The smallest absolute Gasteiger partial charge is 0.231 e. The highest BCUT2D eigenvalue weighted by atomic mass is 35.5. The van der Waals surface area contributed by atoms with Crippen molar-refractivity contribution in [1.82, 2.24) is 10.1 Å². The number of benzene rings is 2. The zero-order valence-corrected chi connectivity index (χ0v) is 19.9. The Morgan fingerprint density at radius 3 is 2.53 bits per heavy atom. The molecule has 0 saturated carbocycles. The van der Waals surface area contributed by atoms with Crippen molar-refractivity contribution in [2.45, 2.75) is 13.0 Å². The van der Waals surface area contributed by atoms with Gasteiger partial charge in [-0.05, 0) is 48.4 Å². The Bertz CT molecular complexity index is 1240. The fourth-order valence-corrected chi connectivity index (χ4v) is 4.12. The van der Waals surface area contributed by atoms with Crippen LogP contribution < -0.4 is 14.4 Å². The van der Waals surface area contributed by atoms with E-state index >= 15 is 0 Å². The molecule has 34 heavy (non-hydrogen) atoms. The number of rotatable bonds is 8. The zero-order chi connectivity index (χ0) is 23.3. The second-order valence-corrected chi connectivity index (χ2v) is 8.76. The normalized spacial score (nSPS) is 14.0. The van der Waals surface area contributed by atoms with Crippen LogP contribution in [-0.2, 0) is 6.54 Å². The number of allylic oxidation sites excluding steroid dienone is 4. The summed E-state index contributed by atoms with van der Waals surface area (Å²) in [6.07, 6.45) is 13.2. The van der Waals surface area contributed by atoms with E-state index in [1.165, 1.54) is 0 Å². The van der Waals surface area contributed by atoms with Crippen LogP contribution in [0.15, 0.2) is 83.7 Å². The van der Waals surface area contributed by atoms with Gasteiger partial charge in [0.05, 0.1) is 10.0 Å². The molecule has 3 aromatic rings. The van der Waals surface area contributed by atoms with E-state index in [1.807, 2.05) is 54.6 Å². The maximum absolute atomic E-state index is 6.20. The fourth-order valence-electron chi connectivity index (χ4n) is 3.82. The van der Waals surface area contributed by atoms with E-state index in [0.29, 0.717) is 28.2 Å². The average Bonchev–Trinajstić information content (AvgIpc) is 3.44. The third-order valence-corrected chi connectivity index (χ3v) is 6.31. The zero-order valence-electron chi connectivity index (χ0n) is 18.4. The first kappa shape index (κ1) is 22.4. The summed E-state index contributed by atoms with van der Waals surface area (Å²) in [5.74, 6) is 2.21. The molecular weight excluding hydrogens is 473 g/mol. The Hall–Kier alpha value is -3.35. The molecule has 5 rings (SSSR count). The highest BCUT2D eigenvalue weighted by Gasteiger charge is 2.18. The maximum Gasteiger partial charge on any atom is 0.231 e. The van der Waals surface area contributed by atoms with Crippen LogP contribution in [0.2, 0.25) is 10.0 Å². The molecule has 2 aliphatic rings. The molecule has 0 fully saturated rings. The van der Waals surface area contributed by atoms with Crippen molar-refractivity contribution < 1.29 is 14.0 Å². The summed E-state index contributed by atoms with van der Waals surface area (Å²) < 4.78 is 16.8. The summed E-state index contributed by atoms with van der Waals surface area (Å²) >= 11 is 12.3. The van der Waals surface area contributed by atoms with Crippen molar-refractivity contribution in [1.29, 1.82) is 0 Å². The van der Waals surface area contributed by atoms with Gasteiger partial charge in [-0.3, -0.25) is 0 Å². The molecule has 2 aliphatic heterocycles. The lowest BCUT2D eigenvalue weighted by Crippen LogP contribution is -2.26. The molecule has 0 radical (unpaired) electrons. The quantitative estimate of drug-likeness (QED) is 0.347. The van der Waals surface area contributed by atoms with Gasteiger partial charge >= 0.3 is 0 Å². The van der Waals surface area contributed by atoms with Crippen molar-refractivity contribution >= 4 is 29.1 Å². The van der Waals surface area contributed by atoms with Crippen molar-refractivity contribution in [2.75, 3.05) is 24.8 Å². The molecule has 8 heteroatoms. The SMILES string of the molecule is Clc1ccc(-c2cc(N(CCCN3C=CC=CC=C3)Cc3ccc4c(c3)OCO4)on2)cc1Cl. The van der Waals surface area contributed by atoms with Gasteiger partial charge in [0, 0.05) is 43.7 Å². The van der Waals surface area contributed by atoms with Crippen LogP contribution in [0.3, 0.4) is 0 Å². The molecule has 174 valence electrons. The van der Waals surface area contributed by atoms with Gasteiger partial charge in [0.2, 0.25) is 12.7 Å². The van der Waals surface area contributed by atoms with Crippen LogP contribution in [0.1, 0.15) is 12.0 Å². The first-order valence-electron chi connectivity index (χ1n) is 11.0. The van der Waals surface area contributed by atoms with Gasteiger partial charge in [0.1, 0.15) is 5.69 Å². The summed E-state index contributed by atoms with van der Waals surface area (Å²) in [6.45, 7) is 2.54. The lowest BCUT2D eigenvalue weighted by Gasteiger charge is -2.23. The van der Waals surface area contributed by atoms with Crippen LogP contribution in [0.4, 0.5) is 5.88 Å². The lowest BCUT2D eigenvalue weighted by molar-refractivity contribution is 0.174. The molecule has 0 saturated heterocycles. The molecule has 3 heterocycles. The lowest BCUT2D eigenvalue weighted by atomic mass is 10.1.